The van der Waals surface area contributed by atoms with Crippen molar-refractivity contribution in [3.63, 3.8) is 0 Å². The van der Waals surface area contributed by atoms with Crippen LogP contribution in [-0.4, -0.2) is 13.1 Å². The van der Waals surface area contributed by atoms with Gasteiger partial charge in [-0.25, -0.2) is 4.39 Å². The van der Waals surface area contributed by atoms with Crippen LogP contribution < -0.4 is 5.32 Å². The normalized spacial score (nSPS) is 23.2. The van der Waals surface area contributed by atoms with Gasteiger partial charge in [-0.2, -0.15) is 0 Å². The van der Waals surface area contributed by atoms with E-state index in [0.717, 1.165) is 31.3 Å². The zero-order chi connectivity index (χ0) is 13.7. The lowest BCUT2D eigenvalue weighted by Gasteiger charge is -2.25. The third-order valence-corrected chi connectivity index (χ3v) is 3.82. The average molecular weight is 261 g/mol. The predicted molar refractivity (Wildman–Crippen MR) is 78.6 cm³/mol. The first-order valence-corrected chi connectivity index (χ1v) is 7.26. The van der Waals surface area contributed by atoms with Gasteiger partial charge in [0.15, 0.2) is 0 Å². The minimum atomic E-state index is -0.157. The van der Waals surface area contributed by atoms with E-state index in [9.17, 15) is 4.39 Å². The van der Waals surface area contributed by atoms with Gasteiger partial charge in [-0.1, -0.05) is 30.7 Å². The van der Waals surface area contributed by atoms with Gasteiger partial charge < -0.3 is 5.32 Å². The SMILES string of the molecule is CC1=CC(C)CC(CNCCc2ccc(F)cc2)C1. The lowest BCUT2D eigenvalue weighted by Crippen LogP contribution is -2.27. The first kappa shape index (κ1) is 14.3. The third kappa shape index (κ3) is 4.79. The van der Waals surface area contributed by atoms with Gasteiger partial charge in [0, 0.05) is 0 Å². The summed E-state index contributed by atoms with van der Waals surface area (Å²) in [5.74, 6) is 1.33. The molecule has 1 aliphatic rings. The van der Waals surface area contributed by atoms with Gasteiger partial charge >= 0.3 is 0 Å². The molecule has 19 heavy (non-hydrogen) atoms. The summed E-state index contributed by atoms with van der Waals surface area (Å²) in [7, 11) is 0. The maximum absolute atomic E-state index is 12.8. The van der Waals surface area contributed by atoms with Crippen LogP contribution in [0.2, 0.25) is 0 Å². The Bertz CT molecular complexity index is 421. The van der Waals surface area contributed by atoms with Crippen LogP contribution in [0.4, 0.5) is 4.39 Å². The predicted octanol–water partition coefficient (Wildman–Crippen LogP) is 3.95. The van der Waals surface area contributed by atoms with E-state index in [4.69, 9.17) is 0 Å². The Kier molecular flexibility index (Phi) is 5.15. The van der Waals surface area contributed by atoms with Gasteiger partial charge in [0.1, 0.15) is 5.82 Å². The minimum Gasteiger partial charge on any atom is -0.316 e. The maximum Gasteiger partial charge on any atom is 0.123 e. The highest BCUT2D eigenvalue weighted by atomic mass is 19.1. The van der Waals surface area contributed by atoms with Crippen molar-refractivity contribution in [1.82, 2.24) is 5.32 Å². The van der Waals surface area contributed by atoms with E-state index >= 15 is 0 Å². The van der Waals surface area contributed by atoms with E-state index in [1.165, 1.54) is 36.1 Å². The van der Waals surface area contributed by atoms with Crippen molar-refractivity contribution in [1.29, 1.82) is 0 Å². The van der Waals surface area contributed by atoms with Crippen molar-refractivity contribution in [2.45, 2.75) is 33.1 Å². The molecule has 0 aromatic heterocycles. The molecule has 2 rings (SSSR count). The number of benzene rings is 1. The van der Waals surface area contributed by atoms with E-state index in [0.29, 0.717) is 0 Å². The Labute approximate surface area is 115 Å². The smallest absolute Gasteiger partial charge is 0.123 e. The molecule has 1 aromatic carbocycles. The Hall–Kier alpha value is -1.15. The highest BCUT2D eigenvalue weighted by molar-refractivity contribution is 5.16. The molecule has 0 spiro atoms. The molecule has 2 atom stereocenters. The van der Waals surface area contributed by atoms with Crippen molar-refractivity contribution in [2.75, 3.05) is 13.1 Å². The summed E-state index contributed by atoms with van der Waals surface area (Å²) in [6.07, 6.45) is 5.89. The molecule has 1 nitrogen and oxygen atoms in total. The van der Waals surface area contributed by atoms with Gasteiger partial charge in [0.05, 0.1) is 0 Å². The van der Waals surface area contributed by atoms with Crippen molar-refractivity contribution in [3.8, 4) is 0 Å². The van der Waals surface area contributed by atoms with E-state index in [-0.39, 0.29) is 5.82 Å². The lowest BCUT2D eigenvalue weighted by atomic mass is 9.84. The summed E-state index contributed by atoms with van der Waals surface area (Å²) in [5.41, 5.74) is 2.73. The van der Waals surface area contributed by atoms with Crippen LogP contribution in [0.15, 0.2) is 35.9 Å². The molecule has 0 fully saturated rings. The van der Waals surface area contributed by atoms with Gasteiger partial charge in [0.25, 0.3) is 0 Å². The molecule has 0 saturated heterocycles. The molecule has 0 amide bonds. The van der Waals surface area contributed by atoms with Crippen LogP contribution in [0, 0.1) is 17.7 Å². The van der Waals surface area contributed by atoms with E-state index < -0.39 is 0 Å². The zero-order valence-electron chi connectivity index (χ0n) is 12.0. The zero-order valence-corrected chi connectivity index (χ0v) is 12.0. The molecule has 1 N–H and O–H groups in total. The van der Waals surface area contributed by atoms with Crippen LogP contribution in [0.1, 0.15) is 32.3 Å². The first-order chi connectivity index (χ1) is 9.13. The second-order valence-corrected chi connectivity index (χ2v) is 5.88. The van der Waals surface area contributed by atoms with Crippen molar-refractivity contribution < 1.29 is 4.39 Å². The monoisotopic (exact) mass is 261 g/mol. The Morgan fingerprint density at radius 3 is 2.68 bits per heavy atom. The van der Waals surface area contributed by atoms with Crippen LogP contribution in [0.5, 0.6) is 0 Å². The number of halogens is 1. The van der Waals surface area contributed by atoms with Crippen molar-refractivity contribution >= 4 is 0 Å². The molecule has 0 bridgehead atoms. The highest BCUT2D eigenvalue weighted by Crippen LogP contribution is 2.27. The number of hydrogen-bond donors (Lipinski definition) is 1. The minimum absolute atomic E-state index is 0.157. The molecular weight excluding hydrogens is 237 g/mol. The Morgan fingerprint density at radius 1 is 1.26 bits per heavy atom. The van der Waals surface area contributed by atoms with Crippen LogP contribution in [0.3, 0.4) is 0 Å². The second kappa shape index (κ2) is 6.85. The summed E-state index contributed by atoms with van der Waals surface area (Å²) in [6.45, 7) is 6.60. The summed E-state index contributed by atoms with van der Waals surface area (Å²) in [4.78, 5) is 0. The molecule has 0 radical (unpaired) electrons. The third-order valence-electron chi connectivity index (χ3n) is 3.82. The average Bonchev–Trinajstić information content (AvgIpc) is 2.36. The number of hydrogen-bond acceptors (Lipinski definition) is 1. The van der Waals surface area contributed by atoms with Crippen molar-refractivity contribution in [3.05, 3.63) is 47.3 Å². The molecule has 2 unspecified atom stereocenters. The molecule has 1 aromatic rings. The van der Waals surface area contributed by atoms with Crippen LogP contribution >= 0.6 is 0 Å². The fourth-order valence-electron chi connectivity index (χ4n) is 3.03. The van der Waals surface area contributed by atoms with E-state index in [1.807, 2.05) is 12.1 Å². The van der Waals surface area contributed by atoms with Gasteiger partial charge in [-0.3, -0.25) is 0 Å². The highest BCUT2D eigenvalue weighted by Gasteiger charge is 2.17. The summed E-state index contributed by atoms with van der Waals surface area (Å²) in [5, 5.41) is 3.54. The molecule has 1 aliphatic carbocycles. The summed E-state index contributed by atoms with van der Waals surface area (Å²) in [6, 6.07) is 6.80. The fraction of sp³-hybridized carbons (Fsp3) is 0.529. The summed E-state index contributed by atoms with van der Waals surface area (Å²) >= 11 is 0. The van der Waals surface area contributed by atoms with Gasteiger partial charge in [0.2, 0.25) is 0 Å². The quantitative estimate of drug-likeness (QED) is 0.625. The molecule has 0 heterocycles. The molecule has 104 valence electrons. The maximum atomic E-state index is 12.8. The number of allylic oxidation sites excluding steroid dienone is 2. The Balaban J connectivity index is 1.67. The fourth-order valence-corrected chi connectivity index (χ4v) is 3.03. The van der Waals surface area contributed by atoms with Crippen LogP contribution in [-0.2, 0) is 6.42 Å². The molecule has 0 saturated carbocycles. The number of nitrogens with one attached hydrogen (secondary N) is 1. The van der Waals surface area contributed by atoms with Crippen LogP contribution in [0.25, 0.3) is 0 Å². The van der Waals surface area contributed by atoms with Crippen molar-refractivity contribution in [2.24, 2.45) is 11.8 Å². The summed E-state index contributed by atoms with van der Waals surface area (Å²) < 4.78 is 12.8. The molecule has 2 heteroatoms. The van der Waals surface area contributed by atoms with E-state index in [2.05, 4.69) is 25.2 Å². The molecule has 0 aliphatic heterocycles. The topological polar surface area (TPSA) is 12.0 Å². The number of rotatable bonds is 5. The van der Waals surface area contributed by atoms with Gasteiger partial charge in [-0.15, -0.1) is 0 Å². The first-order valence-electron chi connectivity index (χ1n) is 7.26. The van der Waals surface area contributed by atoms with Gasteiger partial charge in [-0.05, 0) is 68.8 Å². The van der Waals surface area contributed by atoms with E-state index in [1.54, 1.807) is 0 Å². The second-order valence-electron chi connectivity index (χ2n) is 5.88. The standard InChI is InChI=1S/C17H24FN/c1-13-9-14(2)11-16(10-13)12-19-8-7-15-3-5-17(18)6-4-15/h3-6,9,13,16,19H,7-8,10-12H2,1-2H3. The largest absolute Gasteiger partial charge is 0.316 e. The molecular formula is C17H24FN. The lowest BCUT2D eigenvalue weighted by molar-refractivity contribution is 0.383. The Morgan fingerprint density at radius 2 is 2.00 bits per heavy atom.